The average molecular weight is 352 g/mol. The van der Waals surface area contributed by atoms with E-state index in [-0.39, 0.29) is 12.3 Å². The summed E-state index contributed by atoms with van der Waals surface area (Å²) in [5.74, 6) is -0.570. The maximum atomic E-state index is 11.7. The molecule has 0 aromatic heterocycles. The minimum Gasteiger partial charge on any atom is -0.458 e. The van der Waals surface area contributed by atoms with Crippen LogP contribution >= 0.6 is 23.2 Å². The normalized spacial score (nSPS) is 10.7. The van der Waals surface area contributed by atoms with Gasteiger partial charge in [-0.2, -0.15) is 0 Å². The van der Waals surface area contributed by atoms with E-state index in [1.165, 1.54) is 36.4 Å². The molecule has 2 aromatic rings. The number of hydrogen-bond donors (Lipinski definition) is 0. The molecule has 0 unspecified atom stereocenters. The fraction of sp³-hybridized carbons (Fsp3) is 0.0625. The van der Waals surface area contributed by atoms with Gasteiger partial charge < -0.3 is 4.74 Å². The lowest BCUT2D eigenvalue weighted by atomic mass is 10.2. The Balaban J connectivity index is 1.95. The van der Waals surface area contributed by atoms with Gasteiger partial charge in [0.05, 0.1) is 4.92 Å². The number of rotatable bonds is 5. The number of hydrogen-bond acceptors (Lipinski definition) is 4. The van der Waals surface area contributed by atoms with E-state index in [0.29, 0.717) is 21.2 Å². The summed E-state index contributed by atoms with van der Waals surface area (Å²) in [7, 11) is 0. The molecule has 0 bridgehead atoms. The van der Waals surface area contributed by atoms with Crippen LogP contribution in [0.25, 0.3) is 6.08 Å². The summed E-state index contributed by atoms with van der Waals surface area (Å²) in [5.41, 5.74) is 1.16. The summed E-state index contributed by atoms with van der Waals surface area (Å²) in [5, 5.41) is 11.4. The van der Waals surface area contributed by atoms with Crippen LogP contribution in [0, 0.1) is 10.1 Å². The number of ether oxygens (including phenoxy) is 1. The van der Waals surface area contributed by atoms with Crippen molar-refractivity contribution >= 4 is 40.9 Å². The third-order valence-electron chi connectivity index (χ3n) is 2.94. The fourth-order valence-corrected chi connectivity index (χ4v) is 2.24. The summed E-state index contributed by atoms with van der Waals surface area (Å²) in [6.07, 6.45) is 2.73. The average Bonchev–Trinajstić information content (AvgIpc) is 2.53. The number of benzene rings is 2. The first-order chi connectivity index (χ1) is 11.0. The maximum absolute atomic E-state index is 11.7. The van der Waals surface area contributed by atoms with Gasteiger partial charge >= 0.3 is 5.97 Å². The zero-order chi connectivity index (χ0) is 16.8. The van der Waals surface area contributed by atoms with Gasteiger partial charge in [0, 0.05) is 33.8 Å². The molecule has 0 atom stereocenters. The van der Waals surface area contributed by atoms with Crippen LogP contribution in [0.5, 0.6) is 0 Å². The highest BCUT2D eigenvalue weighted by atomic mass is 35.5. The molecule has 0 spiro atoms. The van der Waals surface area contributed by atoms with Crippen LogP contribution in [0.3, 0.4) is 0 Å². The van der Waals surface area contributed by atoms with Gasteiger partial charge in [-0.1, -0.05) is 29.3 Å². The van der Waals surface area contributed by atoms with Crippen LogP contribution in [0.15, 0.2) is 48.5 Å². The first-order valence-electron chi connectivity index (χ1n) is 6.49. The highest BCUT2D eigenvalue weighted by Gasteiger charge is 2.08. The fourth-order valence-electron chi connectivity index (χ4n) is 1.73. The SMILES string of the molecule is O=C(/C=C/c1ccc([N+](=O)[O-])cc1)OCc1c(Cl)cccc1Cl. The van der Waals surface area contributed by atoms with Gasteiger partial charge in [0.1, 0.15) is 6.61 Å². The molecule has 0 N–H and O–H groups in total. The van der Waals surface area contributed by atoms with E-state index in [1.807, 2.05) is 0 Å². The van der Waals surface area contributed by atoms with Gasteiger partial charge in [-0.3, -0.25) is 10.1 Å². The smallest absolute Gasteiger partial charge is 0.331 e. The van der Waals surface area contributed by atoms with Crippen LogP contribution in [0.1, 0.15) is 11.1 Å². The molecule has 0 saturated heterocycles. The Morgan fingerprint density at radius 2 is 1.74 bits per heavy atom. The van der Waals surface area contributed by atoms with Crippen LogP contribution < -0.4 is 0 Å². The third kappa shape index (κ3) is 4.81. The number of nitrogens with zero attached hydrogens (tertiary/aromatic N) is 1. The van der Waals surface area contributed by atoms with Crippen molar-refractivity contribution in [3.05, 3.63) is 79.8 Å². The topological polar surface area (TPSA) is 69.4 Å². The molecule has 0 saturated carbocycles. The van der Waals surface area contributed by atoms with Gasteiger partial charge in [0.25, 0.3) is 5.69 Å². The van der Waals surface area contributed by atoms with E-state index in [9.17, 15) is 14.9 Å². The molecule has 5 nitrogen and oxygen atoms in total. The van der Waals surface area contributed by atoms with Gasteiger partial charge in [0.2, 0.25) is 0 Å². The molecule has 2 rings (SSSR count). The highest BCUT2D eigenvalue weighted by Crippen LogP contribution is 2.24. The van der Waals surface area contributed by atoms with Crippen LogP contribution in [0.2, 0.25) is 10.0 Å². The van der Waals surface area contributed by atoms with E-state index in [4.69, 9.17) is 27.9 Å². The second kappa shape index (κ2) is 7.76. The molecule has 0 heterocycles. The lowest BCUT2D eigenvalue weighted by molar-refractivity contribution is -0.384. The highest BCUT2D eigenvalue weighted by molar-refractivity contribution is 6.35. The van der Waals surface area contributed by atoms with Crippen molar-refractivity contribution in [3.8, 4) is 0 Å². The van der Waals surface area contributed by atoms with Crippen LogP contribution in [-0.4, -0.2) is 10.9 Å². The molecule has 2 aromatic carbocycles. The second-order valence-electron chi connectivity index (χ2n) is 4.49. The summed E-state index contributed by atoms with van der Waals surface area (Å²) in [6.45, 7) is -0.0397. The predicted molar refractivity (Wildman–Crippen MR) is 88.4 cm³/mol. The van der Waals surface area contributed by atoms with Crippen LogP contribution in [0.4, 0.5) is 5.69 Å². The van der Waals surface area contributed by atoms with E-state index in [0.717, 1.165) is 0 Å². The summed E-state index contributed by atoms with van der Waals surface area (Å²) in [4.78, 5) is 21.7. The minimum atomic E-state index is -0.570. The third-order valence-corrected chi connectivity index (χ3v) is 3.64. The molecule has 0 amide bonds. The van der Waals surface area contributed by atoms with E-state index < -0.39 is 10.9 Å². The maximum Gasteiger partial charge on any atom is 0.331 e. The molecule has 23 heavy (non-hydrogen) atoms. The zero-order valence-corrected chi connectivity index (χ0v) is 13.3. The standard InChI is InChI=1S/C16H11Cl2NO4/c17-14-2-1-3-15(18)13(14)10-23-16(20)9-6-11-4-7-12(8-5-11)19(21)22/h1-9H,10H2/b9-6+. The second-order valence-corrected chi connectivity index (χ2v) is 5.30. The number of nitro benzene ring substituents is 1. The first kappa shape index (κ1) is 17.0. The van der Waals surface area contributed by atoms with Crippen molar-refractivity contribution in [1.29, 1.82) is 0 Å². The molecule has 0 aliphatic carbocycles. The number of carbonyl (C=O) groups excluding carboxylic acids is 1. The Kier molecular flexibility index (Phi) is 5.73. The van der Waals surface area contributed by atoms with Crippen LogP contribution in [-0.2, 0) is 16.1 Å². The van der Waals surface area contributed by atoms with Crippen molar-refractivity contribution in [2.75, 3.05) is 0 Å². The minimum absolute atomic E-state index is 0.0157. The number of non-ortho nitro benzene ring substituents is 1. The monoisotopic (exact) mass is 351 g/mol. The summed E-state index contributed by atoms with van der Waals surface area (Å²) < 4.78 is 5.07. The van der Waals surface area contributed by atoms with Gasteiger partial charge in [-0.05, 0) is 35.9 Å². The van der Waals surface area contributed by atoms with E-state index in [2.05, 4.69) is 0 Å². The van der Waals surface area contributed by atoms with Crippen molar-refractivity contribution < 1.29 is 14.5 Å². The molecular weight excluding hydrogens is 341 g/mol. The van der Waals surface area contributed by atoms with E-state index >= 15 is 0 Å². The van der Waals surface area contributed by atoms with Crippen molar-refractivity contribution in [1.82, 2.24) is 0 Å². The number of esters is 1. The molecule has 0 fully saturated rings. The Morgan fingerprint density at radius 3 is 2.30 bits per heavy atom. The van der Waals surface area contributed by atoms with Crippen molar-refractivity contribution in [2.45, 2.75) is 6.61 Å². The number of nitro groups is 1. The lowest BCUT2D eigenvalue weighted by Crippen LogP contribution is -2.01. The van der Waals surface area contributed by atoms with Gasteiger partial charge in [-0.15, -0.1) is 0 Å². The largest absolute Gasteiger partial charge is 0.458 e. The summed E-state index contributed by atoms with van der Waals surface area (Å²) in [6, 6.07) is 10.8. The Bertz CT molecular complexity index is 737. The van der Waals surface area contributed by atoms with Crippen molar-refractivity contribution in [2.24, 2.45) is 0 Å². The summed E-state index contributed by atoms with van der Waals surface area (Å²) >= 11 is 12.0. The number of carbonyl (C=O) groups is 1. The zero-order valence-electron chi connectivity index (χ0n) is 11.7. The van der Waals surface area contributed by atoms with Gasteiger partial charge in [0.15, 0.2) is 0 Å². The lowest BCUT2D eigenvalue weighted by Gasteiger charge is -2.06. The van der Waals surface area contributed by atoms with Crippen molar-refractivity contribution in [3.63, 3.8) is 0 Å². The first-order valence-corrected chi connectivity index (χ1v) is 7.25. The number of halogens is 2. The quantitative estimate of drug-likeness (QED) is 0.340. The Labute approximate surface area is 142 Å². The molecule has 0 aliphatic heterocycles. The molecule has 7 heteroatoms. The molecule has 0 radical (unpaired) electrons. The molecule has 0 aliphatic rings. The Morgan fingerprint density at radius 1 is 1.13 bits per heavy atom. The molecule has 118 valence electrons. The van der Waals surface area contributed by atoms with E-state index in [1.54, 1.807) is 18.2 Å². The predicted octanol–water partition coefficient (Wildman–Crippen LogP) is 4.66. The Hall–Kier alpha value is -2.37. The molecular formula is C16H11Cl2NO4. The van der Waals surface area contributed by atoms with Gasteiger partial charge in [-0.25, -0.2) is 4.79 Å².